The fourth-order valence-electron chi connectivity index (χ4n) is 1.76. The van der Waals surface area contributed by atoms with Crippen molar-refractivity contribution in [3.8, 4) is 11.1 Å². The van der Waals surface area contributed by atoms with E-state index in [4.69, 9.17) is 0 Å². The third kappa shape index (κ3) is 2.27. The second-order valence-corrected chi connectivity index (χ2v) is 3.92. The highest BCUT2D eigenvalue weighted by Crippen LogP contribution is 2.20. The van der Waals surface area contributed by atoms with Crippen molar-refractivity contribution in [1.29, 1.82) is 0 Å². The van der Waals surface area contributed by atoms with Crippen LogP contribution in [0.15, 0.2) is 48.5 Å². The van der Waals surface area contributed by atoms with E-state index in [1.165, 1.54) is 22.3 Å². The van der Waals surface area contributed by atoms with Gasteiger partial charge in [-0.05, 0) is 30.0 Å². The summed E-state index contributed by atoms with van der Waals surface area (Å²) in [5, 5.41) is 0. The molecule has 0 aliphatic carbocycles. The number of aryl methyl sites for hydroxylation is 2. The van der Waals surface area contributed by atoms with Crippen LogP contribution in [0.1, 0.15) is 18.1 Å². The molecule has 0 aromatic heterocycles. The Morgan fingerprint density at radius 3 is 2.20 bits per heavy atom. The van der Waals surface area contributed by atoms with Crippen LogP contribution in [-0.4, -0.2) is 0 Å². The lowest BCUT2D eigenvalue weighted by atomic mass is 10.0. The van der Waals surface area contributed by atoms with Crippen LogP contribution < -0.4 is 0 Å². The summed E-state index contributed by atoms with van der Waals surface area (Å²) in [4.78, 5) is 0. The standard InChI is InChI=1S/C15H16/c1-3-13-7-9-14(10-8-13)15-6-4-5-12(2)11-15/h4-11H,3H2,1-2H3. The van der Waals surface area contributed by atoms with Gasteiger partial charge in [-0.3, -0.25) is 0 Å². The van der Waals surface area contributed by atoms with Gasteiger partial charge >= 0.3 is 0 Å². The van der Waals surface area contributed by atoms with E-state index < -0.39 is 0 Å². The molecule has 76 valence electrons. The van der Waals surface area contributed by atoms with Crippen molar-refractivity contribution in [3.05, 3.63) is 59.7 Å². The molecule has 0 amide bonds. The van der Waals surface area contributed by atoms with E-state index in [-0.39, 0.29) is 0 Å². The second kappa shape index (κ2) is 4.31. The average molecular weight is 196 g/mol. The second-order valence-electron chi connectivity index (χ2n) is 3.92. The Bertz CT molecular complexity index is 438. The first-order valence-corrected chi connectivity index (χ1v) is 5.45. The van der Waals surface area contributed by atoms with E-state index >= 15 is 0 Å². The number of hydrogen-bond acceptors (Lipinski definition) is 0. The Morgan fingerprint density at radius 2 is 1.60 bits per heavy atom. The van der Waals surface area contributed by atoms with Gasteiger partial charge in [0, 0.05) is 0 Å². The topological polar surface area (TPSA) is 0 Å². The first kappa shape index (κ1) is 9.97. The molecule has 0 atom stereocenters. The summed E-state index contributed by atoms with van der Waals surface area (Å²) in [6, 6.07) is 17.4. The van der Waals surface area contributed by atoms with Gasteiger partial charge in [0.25, 0.3) is 0 Å². The van der Waals surface area contributed by atoms with E-state index in [9.17, 15) is 0 Å². The molecule has 0 saturated heterocycles. The van der Waals surface area contributed by atoms with Gasteiger partial charge in [0.15, 0.2) is 0 Å². The third-order valence-electron chi connectivity index (χ3n) is 2.71. The minimum Gasteiger partial charge on any atom is -0.0614 e. The van der Waals surface area contributed by atoms with Gasteiger partial charge in [0.05, 0.1) is 0 Å². The molecule has 2 aromatic rings. The van der Waals surface area contributed by atoms with E-state index in [2.05, 4.69) is 62.4 Å². The number of benzene rings is 2. The average Bonchev–Trinajstić information content (AvgIpc) is 2.29. The molecule has 0 bridgehead atoms. The third-order valence-corrected chi connectivity index (χ3v) is 2.71. The molecule has 0 unspecified atom stereocenters. The Balaban J connectivity index is 2.37. The molecule has 2 rings (SSSR count). The summed E-state index contributed by atoms with van der Waals surface area (Å²) in [6.07, 6.45) is 1.11. The molecule has 0 aliphatic rings. The molecule has 0 heteroatoms. The SMILES string of the molecule is CCc1ccc(-c2cccc(C)c2)cc1. The van der Waals surface area contributed by atoms with Crippen molar-refractivity contribution in [2.45, 2.75) is 20.3 Å². The maximum atomic E-state index is 2.22. The summed E-state index contributed by atoms with van der Waals surface area (Å²) < 4.78 is 0. The minimum absolute atomic E-state index is 1.11. The fraction of sp³-hybridized carbons (Fsp3) is 0.200. The van der Waals surface area contributed by atoms with Crippen LogP contribution in [-0.2, 0) is 6.42 Å². The van der Waals surface area contributed by atoms with Crippen LogP contribution >= 0.6 is 0 Å². The minimum atomic E-state index is 1.11. The van der Waals surface area contributed by atoms with Crippen molar-refractivity contribution in [2.24, 2.45) is 0 Å². The zero-order valence-electron chi connectivity index (χ0n) is 9.33. The van der Waals surface area contributed by atoms with Gasteiger partial charge in [0.1, 0.15) is 0 Å². The Kier molecular flexibility index (Phi) is 2.86. The van der Waals surface area contributed by atoms with Crippen LogP contribution in [0.3, 0.4) is 0 Å². The number of rotatable bonds is 2. The molecule has 0 N–H and O–H groups in total. The molecule has 0 fully saturated rings. The van der Waals surface area contributed by atoms with E-state index in [0.717, 1.165) is 6.42 Å². The van der Waals surface area contributed by atoms with Gasteiger partial charge in [0.2, 0.25) is 0 Å². The molecular weight excluding hydrogens is 180 g/mol. The highest BCUT2D eigenvalue weighted by atomic mass is 14.0. The lowest BCUT2D eigenvalue weighted by Gasteiger charge is -2.04. The molecule has 0 radical (unpaired) electrons. The van der Waals surface area contributed by atoms with Crippen LogP contribution in [0.4, 0.5) is 0 Å². The van der Waals surface area contributed by atoms with Gasteiger partial charge in [-0.25, -0.2) is 0 Å². The predicted molar refractivity (Wildman–Crippen MR) is 66.0 cm³/mol. The normalized spacial score (nSPS) is 10.3. The maximum absolute atomic E-state index is 2.22. The summed E-state index contributed by atoms with van der Waals surface area (Å²) in [5.74, 6) is 0. The van der Waals surface area contributed by atoms with Crippen molar-refractivity contribution in [3.63, 3.8) is 0 Å². The van der Waals surface area contributed by atoms with Gasteiger partial charge in [-0.2, -0.15) is 0 Å². The smallest absolute Gasteiger partial charge is 0.0181 e. The van der Waals surface area contributed by atoms with Crippen molar-refractivity contribution in [2.75, 3.05) is 0 Å². The lowest BCUT2D eigenvalue weighted by molar-refractivity contribution is 1.14. The van der Waals surface area contributed by atoms with Crippen molar-refractivity contribution < 1.29 is 0 Å². The zero-order valence-corrected chi connectivity index (χ0v) is 9.33. The van der Waals surface area contributed by atoms with Crippen LogP contribution in [0.5, 0.6) is 0 Å². The summed E-state index contributed by atoms with van der Waals surface area (Å²) in [7, 11) is 0. The summed E-state index contributed by atoms with van der Waals surface area (Å²) in [6.45, 7) is 4.31. The molecule has 0 aliphatic heterocycles. The van der Waals surface area contributed by atoms with E-state index in [0.29, 0.717) is 0 Å². The maximum Gasteiger partial charge on any atom is -0.0181 e. The predicted octanol–water partition coefficient (Wildman–Crippen LogP) is 4.22. The zero-order chi connectivity index (χ0) is 10.7. The highest BCUT2D eigenvalue weighted by Gasteiger charge is 1.97. The van der Waals surface area contributed by atoms with Crippen LogP contribution in [0.2, 0.25) is 0 Å². The van der Waals surface area contributed by atoms with Crippen LogP contribution in [0.25, 0.3) is 11.1 Å². The molecule has 0 nitrogen and oxygen atoms in total. The largest absolute Gasteiger partial charge is 0.0614 e. The van der Waals surface area contributed by atoms with Gasteiger partial charge in [-0.1, -0.05) is 61.0 Å². The summed E-state index contributed by atoms with van der Waals surface area (Å²) in [5.41, 5.74) is 5.31. The first-order chi connectivity index (χ1) is 7.29. The number of hydrogen-bond donors (Lipinski definition) is 0. The molecule has 0 spiro atoms. The fourth-order valence-corrected chi connectivity index (χ4v) is 1.76. The summed E-state index contributed by atoms with van der Waals surface area (Å²) >= 11 is 0. The molecular formula is C15H16. The Labute approximate surface area is 91.6 Å². The van der Waals surface area contributed by atoms with Crippen LogP contribution in [0, 0.1) is 6.92 Å². The van der Waals surface area contributed by atoms with E-state index in [1.54, 1.807) is 0 Å². The Morgan fingerprint density at radius 1 is 0.867 bits per heavy atom. The Hall–Kier alpha value is -1.56. The molecule has 0 saturated carbocycles. The van der Waals surface area contributed by atoms with Gasteiger partial charge < -0.3 is 0 Å². The van der Waals surface area contributed by atoms with E-state index in [1.807, 2.05) is 0 Å². The lowest BCUT2D eigenvalue weighted by Crippen LogP contribution is -1.82. The molecule has 0 heterocycles. The van der Waals surface area contributed by atoms with Crippen molar-refractivity contribution >= 4 is 0 Å². The van der Waals surface area contributed by atoms with Gasteiger partial charge in [-0.15, -0.1) is 0 Å². The quantitative estimate of drug-likeness (QED) is 0.674. The van der Waals surface area contributed by atoms with Crippen molar-refractivity contribution in [1.82, 2.24) is 0 Å². The highest BCUT2D eigenvalue weighted by molar-refractivity contribution is 5.64. The monoisotopic (exact) mass is 196 g/mol. The molecule has 15 heavy (non-hydrogen) atoms. The first-order valence-electron chi connectivity index (χ1n) is 5.45. The molecule has 2 aromatic carbocycles.